The summed E-state index contributed by atoms with van der Waals surface area (Å²) in [5, 5.41) is 12.9. The summed E-state index contributed by atoms with van der Waals surface area (Å²) in [6.45, 7) is 0.837. The number of anilines is 1. The monoisotopic (exact) mass is 515 g/mol. The maximum absolute atomic E-state index is 14.1. The van der Waals surface area contributed by atoms with E-state index in [1.54, 1.807) is 6.07 Å². The number of fused-ring (bicyclic) bond motifs is 6. The minimum atomic E-state index is -3.87. The van der Waals surface area contributed by atoms with Gasteiger partial charge in [-0.25, -0.2) is 17.2 Å². The van der Waals surface area contributed by atoms with Gasteiger partial charge in [0.05, 0.1) is 22.4 Å². The fourth-order valence-corrected chi connectivity index (χ4v) is 6.31. The number of halogens is 2. The molecule has 186 valence electrons. The van der Waals surface area contributed by atoms with Gasteiger partial charge in [-0.2, -0.15) is 0 Å². The maximum Gasteiger partial charge on any atom is 0.279 e. The first-order chi connectivity index (χ1) is 17.0. The standard InChI is InChI=1S/C24H19F2N3O6S/c1-12-6-16(25)14(17(26)7-12)8-27-23(32)15-10-28-13-9-29(24(33)20(28)22(31)21(15)30)18-4-2-3-5-19(18)36(34,35)11-13/h2-7,10,13,31H,8-9,11H2,1H3,(H,27,32). The van der Waals surface area contributed by atoms with Crippen molar-refractivity contribution in [3.05, 3.63) is 86.8 Å². The lowest BCUT2D eigenvalue weighted by Gasteiger charge is -2.34. The fraction of sp³-hybridized carbons (Fsp3) is 0.208. The minimum absolute atomic E-state index is 0.0591. The Morgan fingerprint density at radius 1 is 1.17 bits per heavy atom. The van der Waals surface area contributed by atoms with Gasteiger partial charge in [-0.3, -0.25) is 14.4 Å². The zero-order valence-electron chi connectivity index (χ0n) is 18.8. The van der Waals surface area contributed by atoms with Crippen LogP contribution < -0.4 is 15.6 Å². The van der Waals surface area contributed by atoms with Gasteiger partial charge in [-0.05, 0) is 36.8 Å². The van der Waals surface area contributed by atoms with Crippen LogP contribution in [0.15, 0.2) is 52.3 Å². The van der Waals surface area contributed by atoms with Gasteiger partial charge in [0, 0.05) is 24.8 Å². The fourth-order valence-electron chi connectivity index (χ4n) is 4.58. The van der Waals surface area contributed by atoms with Crippen LogP contribution in [0, 0.1) is 18.6 Å². The third-order valence-corrected chi connectivity index (χ3v) is 8.14. The molecule has 3 heterocycles. The van der Waals surface area contributed by atoms with Gasteiger partial charge in [-0.15, -0.1) is 0 Å². The van der Waals surface area contributed by atoms with Gasteiger partial charge in [-0.1, -0.05) is 12.1 Å². The number of benzene rings is 2. The molecule has 2 N–H and O–H groups in total. The van der Waals surface area contributed by atoms with Crippen molar-refractivity contribution in [3.8, 4) is 5.75 Å². The van der Waals surface area contributed by atoms with E-state index in [2.05, 4.69) is 5.32 Å². The molecule has 2 bridgehead atoms. The van der Waals surface area contributed by atoms with Crippen molar-refractivity contribution in [2.24, 2.45) is 0 Å². The van der Waals surface area contributed by atoms with Crippen molar-refractivity contribution in [1.29, 1.82) is 0 Å². The number of aromatic hydroxyl groups is 1. The van der Waals surface area contributed by atoms with E-state index in [1.807, 2.05) is 0 Å². The molecule has 0 aliphatic carbocycles. The van der Waals surface area contributed by atoms with Gasteiger partial charge < -0.3 is 19.9 Å². The van der Waals surface area contributed by atoms with Crippen LogP contribution in [0.3, 0.4) is 0 Å². The molecule has 2 aliphatic rings. The van der Waals surface area contributed by atoms with Crippen molar-refractivity contribution in [2.75, 3.05) is 17.2 Å². The summed E-state index contributed by atoms with van der Waals surface area (Å²) in [4.78, 5) is 40.0. The molecule has 0 saturated carbocycles. The third kappa shape index (κ3) is 3.65. The van der Waals surface area contributed by atoms with E-state index in [0.29, 0.717) is 5.56 Å². The number of rotatable bonds is 3. The van der Waals surface area contributed by atoms with Crippen LogP contribution in [0.5, 0.6) is 5.75 Å². The Hall–Kier alpha value is -4.06. The normalized spacial score (nSPS) is 17.7. The van der Waals surface area contributed by atoms with E-state index < -0.39 is 79.6 Å². The Labute approximate surface area is 203 Å². The summed E-state index contributed by atoms with van der Waals surface area (Å²) >= 11 is 0. The first-order valence-corrected chi connectivity index (χ1v) is 12.5. The Bertz CT molecular complexity index is 1610. The van der Waals surface area contributed by atoms with E-state index in [4.69, 9.17) is 0 Å². The Kier molecular flexibility index (Phi) is 5.43. The summed E-state index contributed by atoms with van der Waals surface area (Å²) in [7, 11) is -3.87. The molecule has 12 heteroatoms. The average Bonchev–Trinajstić information content (AvgIpc) is 2.91. The topological polar surface area (TPSA) is 126 Å². The number of nitrogens with zero attached hydrogens (tertiary/aromatic N) is 2. The van der Waals surface area contributed by atoms with Crippen LogP contribution in [0.1, 0.15) is 38.0 Å². The highest BCUT2D eigenvalue weighted by molar-refractivity contribution is 7.91. The molecule has 0 radical (unpaired) electrons. The van der Waals surface area contributed by atoms with Gasteiger partial charge in [0.25, 0.3) is 11.8 Å². The molecule has 1 unspecified atom stereocenters. The number of amides is 2. The van der Waals surface area contributed by atoms with Gasteiger partial charge in [0.15, 0.2) is 21.3 Å². The molecule has 0 saturated heterocycles. The predicted molar refractivity (Wildman–Crippen MR) is 124 cm³/mol. The molecule has 3 aromatic rings. The second kappa shape index (κ2) is 8.26. The first-order valence-electron chi connectivity index (χ1n) is 10.8. The van der Waals surface area contributed by atoms with Crippen LogP contribution in [-0.4, -0.2) is 42.2 Å². The molecule has 2 amide bonds. The lowest BCUT2D eigenvalue weighted by atomic mass is 10.1. The minimum Gasteiger partial charge on any atom is -0.503 e. The zero-order chi connectivity index (χ0) is 25.9. The number of carbonyl (C=O) groups excluding carboxylic acids is 2. The highest BCUT2D eigenvalue weighted by Crippen LogP contribution is 2.38. The lowest BCUT2D eigenvalue weighted by molar-refractivity contribution is 0.0930. The van der Waals surface area contributed by atoms with Crippen LogP contribution in [0.4, 0.5) is 14.5 Å². The number of aryl methyl sites for hydroxylation is 1. The number of nitrogens with one attached hydrogen (secondary N) is 1. The first kappa shape index (κ1) is 23.7. The van der Waals surface area contributed by atoms with E-state index >= 15 is 0 Å². The molecular formula is C24H19F2N3O6S. The predicted octanol–water partition coefficient (Wildman–Crippen LogP) is 2.06. The van der Waals surface area contributed by atoms with Crippen molar-refractivity contribution >= 4 is 27.3 Å². The molecule has 36 heavy (non-hydrogen) atoms. The Morgan fingerprint density at radius 2 is 1.83 bits per heavy atom. The van der Waals surface area contributed by atoms with Gasteiger partial charge in [0.2, 0.25) is 5.43 Å². The highest BCUT2D eigenvalue weighted by Gasteiger charge is 2.42. The largest absolute Gasteiger partial charge is 0.503 e. The summed E-state index contributed by atoms with van der Waals surface area (Å²) < 4.78 is 55.5. The highest BCUT2D eigenvalue weighted by atomic mass is 32.2. The number of para-hydroxylation sites is 1. The summed E-state index contributed by atoms with van der Waals surface area (Å²) in [5.41, 5.74) is -2.17. The SMILES string of the molecule is Cc1cc(F)c(CNC(=O)c2cn3c(c(O)c2=O)C(=O)N2CC3CS(=O)(=O)c3ccccc32)c(F)c1. The van der Waals surface area contributed by atoms with E-state index in [0.717, 1.165) is 22.9 Å². The molecule has 0 spiro atoms. The quantitative estimate of drug-likeness (QED) is 0.550. The second-order valence-corrected chi connectivity index (χ2v) is 10.7. The van der Waals surface area contributed by atoms with Crippen LogP contribution in [0.25, 0.3) is 0 Å². The Balaban J connectivity index is 1.55. The molecule has 1 atom stereocenters. The number of sulfone groups is 1. The molecule has 9 nitrogen and oxygen atoms in total. The number of aromatic nitrogens is 1. The van der Waals surface area contributed by atoms with Crippen molar-refractivity contribution in [1.82, 2.24) is 9.88 Å². The van der Waals surface area contributed by atoms with Crippen molar-refractivity contribution in [2.45, 2.75) is 24.4 Å². The maximum atomic E-state index is 14.1. The summed E-state index contributed by atoms with van der Waals surface area (Å²) in [5.74, 6) is -5.10. The van der Waals surface area contributed by atoms with Crippen molar-refractivity contribution in [3.63, 3.8) is 0 Å². The van der Waals surface area contributed by atoms with E-state index in [1.165, 1.54) is 30.0 Å². The number of hydrogen-bond acceptors (Lipinski definition) is 6. The van der Waals surface area contributed by atoms with Crippen LogP contribution in [-0.2, 0) is 16.4 Å². The van der Waals surface area contributed by atoms with Crippen LogP contribution >= 0.6 is 0 Å². The molecule has 2 aliphatic heterocycles. The third-order valence-electron chi connectivity index (χ3n) is 6.30. The Morgan fingerprint density at radius 3 is 2.53 bits per heavy atom. The number of carbonyl (C=O) groups is 2. The molecule has 5 rings (SSSR count). The molecular weight excluding hydrogens is 496 g/mol. The van der Waals surface area contributed by atoms with E-state index in [9.17, 15) is 36.7 Å². The second-order valence-electron chi connectivity index (χ2n) is 8.68. The number of hydrogen-bond donors (Lipinski definition) is 2. The summed E-state index contributed by atoms with van der Waals surface area (Å²) in [6.07, 6.45) is 1.000. The number of pyridine rings is 1. The lowest BCUT2D eigenvalue weighted by Crippen LogP contribution is -2.45. The molecule has 2 aromatic carbocycles. The average molecular weight is 515 g/mol. The zero-order valence-corrected chi connectivity index (χ0v) is 19.6. The molecule has 1 aromatic heterocycles. The summed E-state index contributed by atoms with van der Waals surface area (Å²) in [6, 6.07) is 7.18. The van der Waals surface area contributed by atoms with Crippen molar-refractivity contribution < 1.29 is 31.9 Å². The van der Waals surface area contributed by atoms with E-state index in [-0.39, 0.29) is 17.1 Å². The smallest absolute Gasteiger partial charge is 0.279 e. The molecule has 0 fully saturated rings. The van der Waals surface area contributed by atoms with Crippen LogP contribution in [0.2, 0.25) is 0 Å². The van der Waals surface area contributed by atoms with Gasteiger partial charge >= 0.3 is 0 Å². The van der Waals surface area contributed by atoms with Gasteiger partial charge in [0.1, 0.15) is 17.2 Å².